The lowest BCUT2D eigenvalue weighted by Crippen LogP contribution is -2.48. The third-order valence-electron chi connectivity index (χ3n) is 6.39. The average Bonchev–Trinajstić information content (AvgIpc) is 2.83. The average molecular weight is 440 g/mol. The molecule has 4 rings (SSSR count). The van der Waals surface area contributed by atoms with Gasteiger partial charge in [0.05, 0.1) is 17.8 Å². The Morgan fingerprint density at radius 2 is 1.52 bits per heavy atom. The third-order valence-corrected chi connectivity index (χ3v) is 6.39. The number of ketones is 2. The van der Waals surface area contributed by atoms with E-state index in [4.69, 9.17) is 0 Å². The summed E-state index contributed by atoms with van der Waals surface area (Å²) in [4.78, 5) is 38.8. The molecule has 0 saturated heterocycles. The molecule has 4 atom stereocenters. The third kappa shape index (κ3) is 4.82. The summed E-state index contributed by atoms with van der Waals surface area (Å²) >= 11 is 0. The predicted molar refractivity (Wildman–Crippen MR) is 127 cm³/mol. The Labute approximate surface area is 192 Å². The summed E-state index contributed by atoms with van der Waals surface area (Å²) in [6.45, 7) is 1.93. The van der Waals surface area contributed by atoms with Crippen molar-refractivity contribution in [3.8, 4) is 0 Å². The van der Waals surface area contributed by atoms with Crippen LogP contribution in [0.4, 0.5) is 0 Å². The standard InChI is InChI=1S/C28H25NO4/c1-19-12-15-22(16-13-19)26-27(24(30)17-14-20-8-4-2-5-9-20)25(31)18-23(28(26)29(32)33)21-10-6-3-7-11-21/h2-17,23,26-28H,18H2,1H3/b17-14+/t23-,26+,27?,28+/m1/s1. The molecular formula is C28H25NO4. The first-order chi connectivity index (χ1) is 16.0. The first-order valence-corrected chi connectivity index (χ1v) is 11.0. The number of hydrogen-bond acceptors (Lipinski definition) is 4. The molecule has 1 aliphatic rings. The van der Waals surface area contributed by atoms with E-state index in [-0.39, 0.29) is 17.1 Å². The number of Topliss-reactive ketones (excluding diaryl/α,β-unsaturated/α-hetero) is 1. The van der Waals surface area contributed by atoms with Crippen molar-refractivity contribution in [2.45, 2.75) is 31.2 Å². The molecule has 1 saturated carbocycles. The second-order valence-electron chi connectivity index (χ2n) is 8.52. The molecule has 1 fully saturated rings. The van der Waals surface area contributed by atoms with Crippen molar-refractivity contribution in [2.75, 3.05) is 0 Å². The molecule has 5 nitrogen and oxygen atoms in total. The van der Waals surface area contributed by atoms with Crippen molar-refractivity contribution in [2.24, 2.45) is 5.92 Å². The summed E-state index contributed by atoms with van der Waals surface area (Å²) in [6.07, 6.45) is 3.01. The van der Waals surface area contributed by atoms with Crippen LogP contribution in [0.1, 0.15) is 40.5 Å². The van der Waals surface area contributed by atoms with Crippen molar-refractivity contribution in [1.29, 1.82) is 0 Å². The predicted octanol–water partition coefficient (Wildman–Crippen LogP) is 5.38. The Kier molecular flexibility index (Phi) is 6.59. The fourth-order valence-electron chi connectivity index (χ4n) is 4.77. The molecule has 3 aromatic rings. The highest BCUT2D eigenvalue weighted by Gasteiger charge is 2.53. The molecule has 0 bridgehead atoms. The fraction of sp³-hybridized carbons (Fsp3) is 0.214. The van der Waals surface area contributed by atoms with Gasteiger partial charge in [-0.25, -0.2) is 0 Å². The summed E-state index contributed by atoms with van der Waals surface area (Å²) in [5, 5.41) is 12.4. The molecular weight excluding hydrogens is 414 g/mol. The maximum atomic E-state index is 13.4. The number of carbonyl (C=O) groups excluding carboxylic acids is 2. The van der Waals surface area contributed by atoms with Gasteiger partial charge in [-0.1, -0.05) is 96.6 Å². The van der Waals surface area contributed by atoms with E-state index < -0.39 is 29.6 Å². The molecule has 1 unspecified atom stereocenters. The molecule has 3 aromatic carbocycles. The van der Waals surface area contributed by atoms with Crippen LogP contribution in [0.3, 0.4) is 0 Å². The minimum absolute atomic E-state index is 0.0341. The maximum Gasteiger partial charge on any atom is 0.228 e. The van der Waals surface area contributed by atoms with Crippen molar-refractivity contribution >= 4 is 17.6 Å². The highest BCUT2D eigenvalue weighted by atomic mass is 16.6. The molecule has 0 aromatic heterocycles. The number of benzene rings is 3. The van der Waals surface area contributed by atoms with Gasteiger partial charge in [0.1, 0.15) is 5.78 Å². The van der Waals surface area contributed by atoms with Gasteiger partial charge in [0.15, 0.2) is 5.78 Å². The zero-order valence-corrected chi connectivity index (χ0v) is 18.3. The van der Waals surface area contributed by atoms with Crippen LogP contribution < -0.4 is 0 Å². The molecule has 1 aliphatic carbocycles. The zero-order chi connectivity index (χ0) is 23.4. The minimum atomic E-state index is -1.09. The van der Waals surface area contributed by atoms with E-state index >= 15 is 0 Å². The van der Waals surface area contributed by atoms with Crippen LogP contribution in [0.15, 0.2) is 91.0 Å². The van der Waals surface area contributed by atoms with Gasteiger partial charge in [-0.2, -0.15) is 0 Å². The summed E-state index contributed by atoms with van der Waals surface area (Å²) in [6, 6.07) is 24.7. The van der Waals surface area contributed by atoms with E-state index in [0.29, 0.717) is 5.56 Å². The lowest BCUT2D eigenvalue weighted by molar-refractivity contribution is -0.533. The van der Waals surface area contributed by atoms with Crippen LogP contribution in [0.25, 0.3) is 6.08 Å². The van der Waals surface area contributed by atoms with E-state index in [1.54, 1.807) is 18.2 Å². The molecule has 0 heterocycles. The Balaban J connectivity index is 1.78. The van der Waals surface area contributed by atoms with Gasteiger partial charge in [0, 0.05) is 11.3 Å². The summed E-state index contributed by atoms with van der Waals surface area (Å²) in [5.41, 5.74) is 3.22. The van der Waals surface area contributed by atoms with Crippen LogP contribution in [-0.2, 0) is 9.59 Å². The van der Waals surface area contributed by atoms with Crippen LogP contribution >= 0.6 is 0 Å². The first-order valence-electron chi connectivity index (χ1n) is 11.0. The van der Waals surface area contributed by atoms with Gasteiger partial charge >= 0.3 is 0 Å². The Bertz CT molecular complexity index is 1170. The second-order valence-corrected chi connectivity index (χ2v) is 8.52. The molecule has 0 amide bonds. The van der Waals surface area contributed by atoms with Crippen LogP contribution in [0.5, 0.6) is 0 Å². The maximum absolute atomic E-state index is 13.4. The first kappa shape index (κ1) is 22.3. The lowest BCUT2D eigenvalue weighted by atomic mass is 9.64. The quantitative estimate of drug-likeness (QED) is 0.224. The monoisotopic (exact) mass is 439 g/mol. The minimum Gasteiger partial charge on any atom is -0.299 e. The van der Waals surface area contributed by atoms with Crippen molar-refractivity contribution in [1.82, 2.24) is 0 Å². The van der Waals surface area contributed by atoms with Crippen LogP contribution in [-0.4, -0.2) is 22.5 Å². The zero-order valence-electron chi connectivity index (χ0n) is 18.3. The fourth-order valence-corrected chi connectivity index (χ4v) is 4.77. The molecule has 33 heavy (non-hydrogen) atoms. The van der Waals surface area contributed by atoms with E-state index in [1.807, 2.05) is 79.7 Å². The van der Waals surface area contributed by atoms with Gasteiger partial charge in [0.25, 0.3) is 0 Å². The molecule has 0 radical (unpaired) electrons. The smallest absolute Gasteiger partial charge is 0.228 e. The Hall–Kier alpha value is -3.86. The highest BCUT2D eigenvalue weighted by Crippen LogP contribution is 2.45. The molecule has 166 valence electrons. The number of hydrogen-bond donors (Lipinski definition) is 0. The van der Waals surface area contributed by atoms with E-state index in [9.17, 15) is 19.7 Å². The van der Waals surface area contributed by atoms with E-state index in [0.717, 1.165) is 16.7 Å². The number of allylic oxidation sites excluding steroid dienone is 1. The van der Waals surface area contributed by atoms with Gasteiger partial charge in [-0.15, -0.1) is 0 Å². The molecule has 0 spiro atoms. The van der Waals surface area contributed by atoms with E-state index in [2.05, 4.69) is 0 Å². The number of rotatable bonds is 6. The SMILES string of the molecule is Cc1ccc([C@H]2C(C(=O)/C=C/c3ccccc3)C(=O)C[C@H](c3ccccc3)[C@@H]2[N+](=O)[O-])cc1. The summed E-state index contributed by atoms with van der Waals surface area (Å²) in [5.74, 6) is -3.19. The van der Waals surface area contributed by atoms with Crippen molar-refractivity contribution < 1.29 is 14.5 Å². The van der Waals surface area contributed by atoms with E-state index in [1.165, 1.54) is 6.08 Å². The summed E-state index contributed by atoms with van der Waals surface area (Å²) in [7, 11) is 0. The number of nitro groups is 1. The van der Waals surface area contributed by atoms with Gasteiger partial charge < -0.3 is 0 Å². The molecule has 0 N–H and O–H groups in total. The van der Waals surface area contributed by atoms with Crippen molar-refractivity contribution in [3.05, 3.63) is 123 Å². The summed E-state index contributed by atoms with van der Waals surface area (Å²) < 4.78 is 0. The van der Waals surface area contributed by atoms with Crippen LogP contribution in [0.2, 0.25) is 0 Å². The highest BCUT2D eigenvalue weighted by molar-refractivity contribution is 6.10. The second kappa shape index (κ2) is 9.74. The van der Waals surface area contributed by atoms with Crippen LogP contribution in [0, 0.1) is 23.0 Å². The number of nitrogens with zero attached hydrogens (tertiary/aromatic N) is 1. The van der Waals surface area contributed by atoms with Gasteiger partial charge in [0.2, 0.25) is 6.04 Å². The Morgan fingerprint density at radius 1 is 0.909 bits per heavy atom. The number of carbonyl (C=O) groups is 2. The normalized spacial score (nSPS) is 22.9. The molecule has 0 aliphatic heterocycles. The topological polar surface area (TPSA) is 77.3 Å². The largest absolute Gasteiger partial charge is 0.299 e. The van der Waals surface area contributed by atoms with Crippen molar-refractivity contribution in [3.63, 3.8) is 0 Å². The van der Waals surface area contributed by atoms with Gasteiger partial charge in [-0.05, 0) is 29.7 Å². The Morgan fingerprint density at radius 3 is 2.12 bits per heavy atom. The molecule has 5 heteroatoms. The van der Waals surface area contributed by atoms with Gasteiger partial charge in [-0.3, -0.25) is 19.7 Å². The number of aryl methyl sites for hydroxylation is 1. The lowest BCUT2D eigenvalue weighted by Gasteiger charge is -2.36.